The van der Waals surface area contributed by atoms with Crippen molar-refractivity contribution in [2.75, 3.05) is 5.73 Å². The van der Waals surface area contributed by atoms with E-state index >= 15 is 0 Å². The summed E-state index contributed by atoms with van der Waals surface area (Å²) in [5.74, 6) is 0.385. The maximum Gasteiger partial charge on any atom is 0.165 e. The van der Waals surface area contributed by atoms with E-state index in [2.05, 4.69) is 13.8 Å². The number of hydrogen-bond acceptors (Lipinski definition) is 2. The maximum absolute atomic E-state index is 12.0. The van der Waals surface area contributed by atoms with Crippen molar-refractivity contribution in [1.82, 2.24) is 0 Å². The summed E-state index contributed by atoms with van der Waals surface area (Å²) in [4.78, 5) is 12.0. The summed E-state index contributed by atoms with van der Waals surface area (Å²) in [6.45, 7) is 6.03. The van der Waals surface area contributed by atoms with Crippen LogP contribution >= 0.6 is 0 Å². The van der Waals surface area contributed by atoms with Gasteiger partial charge < -0.3 is 5.73 Å². The Hall–Kier alpha value is -1.31. The lowest BCUT2D eigenvalue weighted by Gasteiger charge is -2.11. The molecular weight excluding hydrogens is 186 g/mol. The number of carbonyl (C=O) groups is 1. The van der Waals surface area contributed by atoms with Gasteiger partial charge in [-0.3, -0.25) is 4.79 Å². The molecule has 2 heteroatoms. The minimum Gasteiger partial charge on any atom is -0.399 e. The molecule has 82 valence electrons. The van der Waals surface area contributed by atoms with Gasteiger partial charge in [-0.2, -0.15) is 0 Å². The molecule has 0 radical (unpaired) electrons. The molecule has 1 aromatic carbocycles. The van der Waals surface area contributed by atoms with Crippen LogP contribution in [0, 0.1) is 12.8 Å². The predicted octanol–water partition coefficient (Wildman–Crippen LogP) is 3.20. The van der Waals surface area contributed by atoms with Crippen LogP contribution in [-0.4, -0.2) is 5.78 Å². The molecule has 2 nitrogen and oxygen atoms in total. The van der Waals surface area contributed by atoms with Gasteiger partial charge in [0, 0.05) is 17.2 Å². The van der Waals surface area contributed by atoms with Crippen molar-refractivity contribution < 1.29 is 4.79 Å². The van der Waals surface area contributed by atoms with Gasteiger partial charge in [-0.25, -0.2) is 0 Å². The van der Waals surface area contributed by atoms with E-state index in [0.717, 1.165) is 29.7 Å². The van der Waals surface area contributed by atoms with E-state index < -0.39 is 0 Å². The van der Waals surface area contributed by atoms with Crippen molar-refractivity contribution in [3.05, 3.63) is 29.3 Å². The second-order valence-corrected chi connectivity index (χ2v) is 3.95. The Morgan fingerprint density at radius 2 is 1.93 bits per heavy atom. The van der Waals surface area contributed by atoms with E-state index in [4.69, 9.17) is 5.73 Å². The summed E-state index contributed by atoms with van der Waals surface area (Å²) < 4.78 is 0. The molecule has 0 spiro atoms. The molecule has 0 unspecified atom stereocenters. The Kier molecular flexibility index (Phi) is 3.89. The molecule has 0 aliphatic heterocycles. The molecule has 0 heterocycles. The number of ketones is 1. The van der Waals surface area contributed by atoms with Gasteiger partial charge in [0.2, 0.25) is 0 Å². The van der Waals surface area contributed by atoms with Crippen LogP contribution in [0.3, 0.4) is 0 Å². The van der Waals surface area contributed by atoms with E-state index in [1.165, 1.54) is 0 Å². The van der Waals surface area contributed by atoms with Gasteiger partial charge >= 0.3 is 0 Å². The van der Waals surface area contributed by atoms with E-state index in [1.54, 1.807) is 0 Å². The molecule has 0 aliphatic rings. The lowest BCUT2D eigenvalue weighted by atomic mass is 9.92. The van der Waals surface area contributed by atoms with Crippen molar-refractivity contribution >= 4 is 11.5 Å². The highest BCUT2D eigenvalue weighted by atomic mass is 16.1. The number of nitrogens with two attached hydrogens (primary N) is 1. The lowest BCUT2D eigenvalue weighted by Crippen LogP contribution is -2.13. The van der Waals surface area contributed by atoms with Gasteiger partial charge in [0.1, 0.15) is 0 Å². The van der Waals surface area contributed by atoms with Gasteiger partial charge in [0.15, 0.2) is 5.78 Å². The number of Topliss-reactive ketones (excluding diaryl/α,β-unsaturated/α-hetero) is 1. The molecule has 0 saturated heterocycles. The molecule has 0 fully saturated rings. The number of hydrogen-bond donors (Lipinski definition) is 1. The maximum atomic E-state index is 12.0. The van der Waals surface area contributed by atoms with Crippen LogP contribution in [-0.2, 0) is 0 Å². The Morgan fingerprint density at radius 3 is 2.40 bits per heavy atom. The summed E-state index contributed by atoms with van der Waals surface area (Å²) in [5.41, 5.74) is 8.23. The first-order chi connectivity index (χ1) is 7.10. The number of anilines is 1. The van der Waals surface area contributed by atoms with Crippen LogP contribution in [0.4, 0.5) is 5.69 Å². The van der Waals surface area contributed by atoms with Gasteiger partial charge in [0.25, 0.3) is 0 Å². The molecule has 1 rings (SSSR count). The highest BCUT2D eigenvalue weighted by Gasteiger charge is 2.16. The summed E-state index contributed by atoms with van der Waals surface area (Å²) in [7, 11) is 0. The molecule has 2 N–H and O–H groups in total. The fourth-order valence-electron chi connectivity index (χ4n) is 1.72. The fourth-order valence-corrected chi connectivity index (χ4v) is 1.72. The van der Waals surface area contributed by atoms with Crippen LogP contribution in [0.2, 0.25) is 0 Å². The number of nitrogen functional groups attached to an aromatic ring is 1. The molecule has 0 aromatic heterocycles. The molecule has 0 amide bonds. The number of rotatable bonds is 4. The van der Waals surface area contributed by atoms with Gasteiger partial charge in [-0.1, -0.05) is 13.8 Å². The molecule has 0 atom stereocenters. The van der Waals surface area contributed by atoms with Crippen molar-refractivity contribution in [3.63, 3.8) is 0 Å². The molecular formula is C13H19NO. The first kappa shape index (κ1) is 11.8. The molecule has 15 heavy (non-hydrogen) atoms. The van der Waals surface area contributed by atoms with E-state index in [-0.39, 0.29) is 11.7 Å². The van der Waals surface area contributed by atoms with Crippen LogP contribution in [0.1, 0.15) is 42.6 Å². The van der Waals surface area contributed by atoms with Crippen LogP contribution < -0.4 is 5.73 Å². The minimum absolute atomic E-state index is 0.146. The Labute approximate surface area is 91.5 Å². The first-order valence-electron chi connectivity index (χ1n) is 5.50. The van der Waals surface area contributed by atoms with Gasteiger partial charge in [-0.05, 0) is 43.5 Å². The summed E-state index contributed by atoms with van der Waals surface area (Å²) >= 11 is 0. The molecule has 1 aromatic rings. The van der Waals surface area contributed by atoms with Crippen LogP contribution in [0.15, 0.2) is 18.2 Å². The molecule has 0 aliphatic carbocycles. The van der Waals surface area contributed by atoms with E-state index in [0.29, 0.717) is 0 Å². The summed E-state index contributed by atoms with van der Waals surface area (Å²) in [5, 5.41) is 0. The van der Waals surface area contributed by atoms with Crippen LogP contribution in [0.5, 0.6) is 0 Å². The van der Waals surface area contributed by atoms with E-state index in [1.807, 2.05) is 25.1 Å². The van der Waals surface area contributed by atoms with Crippen LogP contribution in [0.25, 0.3) is 0 Å². The van der Waals surface area contributed by atoms with Crippen molar-refractivity contribution in [2.45, 2.75) is 33.6 Å². The van der Waals surface area contributed by atoms with Crippen molar-refractivity contribution in [3.8, 4) is 0 Å². The van der Waals surface area contributed by atoms with Gasteiger partial charge in [0.05, 0.1) is 0 Å². The van der Waals surface area contributed by atoms with Gasteiger partial charge in [-0.15, -0.1) is 0 Å². The topological polar surface area (TPSA) is 43.1 Å². The normalized spacial score (nSPS) is 10.7. The Balaban J connectivity index is 2.96. The zero-order valence-electron chi connectivity index (χ0n) is 9.71. The average Bonchev–Trinajstić information content (AvgIpc) is 2.23. The van der Waals surface area contributed by atoms with E-state index in [9.17, 15) is 4.79 Å². The van der Waals surface area contributed by atoms with Crippen molar-refractivity contribution in [1.29, 1.82) is 0 Å². The Bertz CT molecular complexity index is 354. The second-order valence-electron chi connectivity index (χ2n) is 3.95. The predicted molar refractivity (Wildman–Crippen MR) is 64.0 cm³/mol. The minimum atomic E-state index is 0.146. The number of carbonyl (C=O) groups excluding carboxylic acids is 1. The lowest BCUT2D eigenvalue weighted by molar-refractivity contribution is 0.0913. The standard InChI is InChI=1S/C13H19NO/c1-4-10(5-2)13(15)11-6-7-12(14)9(3)8-11/h6-8,10H,4-5,14H2,1-3H3. The zero-order chi connectivity index (χ0) is 11.4. The third-order valence-corrected chi connectivity index (χ3v) is 2.91. The zero-order valence-corrected chi connectivity index (χ0v) is 9.71. The molecule has 0 bridgehead atoms. The third kappa shape index (κ3) is 2.58. The summed E-state index contributed by atoms with van der Waals surface area (Å²) in [6.07, 6.45) is 1.80. The highest BCUT2D eigenvalue weighted by molar-refractivity contribution is 5.98. The third-order valence-electron chi connectivity index (χ3n) is 2.91. The monoisotopic (exact) mass is 205 g/mol. The number of aryl methyl sites for hydroxylation is 1. The fraction of sp³-hybridized carbons (Fsp3) is 0.462. The quantitative estimate of drug-likeness (QED) is 0.606. The van der Waals surface area contributed by atoms with Crippen molar-refractivity contribution in [2.24, 2.45) is 5.92 Å². The second kappa shape index (κ2) is 4.96. The smallest absolute Gasteiger partial charge is 0.165 e. The summed E-state index contributed by atoms with van der Waals surface area (Å²) in [6, 6.07) is 5.52. The Morgan fingerprint density at radius 1 is 1.33 bits per heavy atom. The SMILES string of the molecule is CCC(CC)C(=O)c1ccc(N)c(C)c1. The average molecular weight is 205 g/mol. The largest absolute Gasteiger partial charge is 0.399 e. The highest BCUT2D eigenvalue weighted by Crippen LogP contribution is 2.19. The molecule has 0 saturated carbocycles. The number of benzene rings is 1. The first-order valence-corrected chi connectivity index (χ1v) is 5.50.